The molecule has 2 rings (SSSR count). The van der Waals surface area contributed by atoms with Crippen molar-refractivity contribution >= 4 is 27.0 Å². The van der Waals surface area contributed by atoms with Gasteiger partial charge in [-0.3, -0.25) is 4.98 Å². The van der Waals surface area contributed by atoms with Crippen LogP contribution in [0, 0.1) is 17.1 Å². The number of rotatable bonds is 0. The molecule has 68 valence electrons. The summed E-state index contributed by atoms with van der Waals surface area (Å²) in [6, 6.07) is 3.37. The van der Waals surface area contributed by atoms with Crippen molar-refractivity contribution in [3.05, 3.63) is 34.3 Å². The van der Waals surface area contributed by atoms with Gasteiger partial charge in [0.25, 0.3) is 0 Å². The van der Waals surface area contributed by atoms with Crippen LogP contribution in [0.3, 0.4) is 0 Å². The van der Waals surface area contributed by atoms with Crippen LogP contribution < -0.4 is 0 Å². The maximum Gasteiger partial charge on any atom is 0.166 e. The molecule has 0 saturated carbocycles. The molecule has 0 spiro atoms. The Morgan fingerprint density at radius 2 is 2.07 bits per heavy atom. The van der Waals surface area contributed by atoms with Crippen LogP contribution in [0.25, 0.3) is 11.0 Å². The molecule has 3 nitrogen and oxygen atoms in total. The van der Waals surface area contributed by atoms with E-state index in [0.29, 0.717) is 5.52 Å². The lowest BCUT2D eigenvalue weighted by atomic mass is 10.2. The minimum Gasteiger partial charge on any atom is -0.253 e. The molecule has 1 heterocycles. The van der Waals surface area contributed by atoms with Gasteiger partial charge < -0.3 is 0 Å². The van der Waals surface area contributed by atoms with Crippen LogP contribution in [0.5, 0.6) is 0 Å². The molecule has 0 fully saturated rings. The van der Waals surface area contributed by atoms with Crippen molar-refractivity contribution in [2.45, 2.75) is 0 Å². The number of halogens is 2. The molecule has 5 heteroatoms. The molecule has 2 aromatic rings. The number of benzene rings is 1. The van der Waals surface area contributed by atoms with E-state index in [-0.39, 0.29) is 15.6 Å². The van der Waals surface area contributed by atoms with Crippen LogP contribution in [0.2, 0.25) is 0 Å². The van der Waals surface area contributed by atoms with E-state index >= 15 is 0 Å². The highest BCUT2D eigenvalue weighted by molar-refractivity contribution is 9.10. The molecular weight excluding hydrogens is 249 g/mol. The fourth-order valence-corrected chi connectivity index (χ4v) is 1.52. The van der Waals surface area contributed by atoms with E-state index in [1.165, 1.54) is 18.5 Å². The van der Waals surface area contributed by atoms with E-state index < -0.39 is 5.82 Å². The Hall–Kier alpha value is -1.54. The third kappa shape index (κ3) is 1.24. The fraction of sp³-hybridized carbons (Fsp3) is 0. The first kappa shape index (κ1) is 9.03. The molecule has 0 aliphatic carbocycles. The van der Waals surface area contributed by atoms with Gasteiger partial charge in [0.05, 0.1) is 15.6 Å². The summed E-state index contributed by atoms with van der Waals surface area (Å²) in [5, 5.41) is 8.71. The van der Waals surface area contributed by atoms with Crippen molar-refractivity contribution < 1.29 is 4.39 Å². The molecule has 0 aliphatic rings. The summed E-state index contributed by atoms with van der Waals surface area (Å²) in [6.07, 6.45) is 2.86. The van der Waals surface area contributed by atoms with Crippen molar-refractivity contribution in [1.82, 2.24) is 9.97 Å². The minimum absolute atomic E-state index is 0.132. The lowest BCUT2D eigenvalue weighted by molar-refractivity contribution is 0.629. The number of nitrogens with zero attached hydrogens (tertiary/aromatic N) is 3. The van der Waals surface area contributed by atoms with Gasteiger partial charge in [0.2, 0.25) is 0 Å². The topological polar surface area (TPSA) is 49.6 Å². The van der Waals surface area contributed by atoms with Gasteiger partial charge in [0.1, 0.15) is 11.6 Å². The smallest absolute Gasteiger partial charge is 0.166 e. The van der Waals surface area contributed by atoms with Crippen molar-refractivity contribution in [2.75, 3.05) is 0 Å². The van der Waals surface area contributed by atoms with Crippen molar-refractivity contribution in [2.24, 2.45) is 0 Å². The molecule has 0 N–H and O–H groups in total. The molecule has 1 aromatic carbocycles. The second-order valence-electron chi connectivity index (χ2n) is 2.59. The summed E-state index contributed by atoms with van der Waals surface area (Å²) >= 11 is 3.00. The van der Waals surface area contributed by atoms with E-state index in [2.05, 4.69) is 25.9 Å². The summed E-state index contributed by atoms with van der Waals surface area (Å²) in [5.74, 6) is -0.549. The standard InChI is InChI=1S/C9H3BrFN3/c10-7-5(4-12)3-6-9(8(7)11)14-2-1-13-6/h1-3H. The highest BCUT2D eigenvalue weighted by atomic mass is 79.9. The predicted molar refractivity (Wildman–Crippen MR) is 51.9 cm³/mol. The van der Waals surface area contributed by atoms with E-state index in [1.54, 1.807) is 0 Å². The van der Waals surface area contributed by atoms with E-state index in [1.807, 2.05) is 6.07 Å². The SMILES string of the molecule is N#Cc1cc2nccnc2c(F)c1Br. The summed E-state index contributed by atoms with van der Waals surface area (Å²) in [4.78, 5) is 7.76. The maximum atomic E-state index is 13.5. The van der Waals surface area contributed by atoms with Gasteiger partial charge in [-0.05, 0) is 22.0 Å². The average Bonchev–Trinajstić information content (AvgIpc) is 2.23. The normalized spacial score (nSPS) is 10.1. The Morgan fingerprint density at radius 3 is 2.79 bits per heavy atom. The number of hydrogen-bond donors (Lipinski definition) is 0. The second kappa shape index (κ2) is 3.31. The lowest BCUT2D eigenvalue weighted by Crippen LogP contribution is -1.91. The Labute approximate surface area is 87.3 Å². The first-order valence-corrected chi connectivity index (χ1v) is 4.52. The molecule has 0 bridgehead atoms. The number of hydrogen-bond acceptors (Lipinski definition) is 3. The van der Waals surface area contributed by atoms with Crippen LogP contribution in [-0.4, -0.2) is 9.97 Å². The van der Waals surface area contributed by atoms with Crippen LogP contribution in [0.1, 0.15) is 5.56 Å². The first-order chi connectivity index (χ1) is 6.74. The monoisotopic (exact) mass is 251 g/mol. The van der Waals surface area contributed by atoms with Crippen molar-refractivity contribution in [3.63, 3.8) is 0 Å². The fourth-order valence-electron chi connectivity index (χ4n) is 1.13. The highest BCUT2D eigenvalue weighted by Gasteiger charge is 2.12. The van der Waals surface area contributed by atoms with Crippen LogP contribution >= 0.6 is 15.9 Å². The number of nitriles is 1. The summed E-state index contributed by atoms with van der Waals surface area (Å²) < 4.78 is 13.7. The quantitative estimate of drug-likeness (QED) is 0.723. The van der Waals surface area contributed by atoms with E-state index in [0.717, 1.165) is 0 Å². The average molecular weight is 252 g/mol. The molecule has 0 amide bonds. The predicted octanol–water partition coefficient (Wildman–Crippen LogP) is 2.40. The minimum atomic E-state index is -0.549. The summed E-state index contributed by atoms with van der Waals surface area (Å²) in [5.41, 5.74) is 0.763. The molecule has 0 atom stereocenters. The van der Waals surface area contributed by atoms with Crippen LogP contribution in [0.15, 0.2) is 22.9 Å². The molecule has 0 radical (unpaired) electrons. The Morgan fingerprint density at radius 1 is 1.36 bits per heavy atom. The van der Waals surface area contributed by atoms with E-state index in [9.17, 15) is 4.39 Å². The molecular formula is C9H3BrFN3. The van der Waals surface area contributed by atoms with Crippen molar-refractivity contribution in [1.29, 1.82) is 5.26 Å². The second-order valence-corrected chi connectivity index (χ2v) is 3.38. The van der Waals surface area contributed by atoms with Gasteiger partial charge in [-0.25, -0.2) is 9.37 Å². The lowest BCUT2D eigenvalue weighted by Gasteiger charge is -2.01. The first-order valence-electron chi connectivity index (χ1n) is 3.73. The molecule has 0 aliphatic heterocycles. The van der Waals surface area contributed by atoms with Gasteiger partial charge in [0, 0.05) is 12.4 Å². The van der Waals surface area contributed by atoms with Crippen LogP contribution in [0.4, 0.5) is 4.39 Å². The largest absolute Gasteiger partial charge is 0.253 e. The third-order valence-corrected chi connectivity index (χ3v) is 2.54. The van der Waals surface area contributed by atoms with Gasteiger partial charge >= 0.3 is 0 Å². The van der Waals surface area contributed by atoms with Gasteiger partial charge in [0.15, 0.2) is 5.82 Å². The number of fused-ring (bicyclic) bond motifs is 1. The highest BCUT2D eigenvalue weighted by Crippen LogP contribution is 2.25. The van der Waals surface area contributed by atoms with Gasteiger partial charge in [-0.2, -0.15) is 5.26 Å². The Balaban J connectivity index is 2.94. The molecule has 14 heavy (non-hydrogen) atoms. The Kier molecular flexibility index (Phi) is 2.14. The maximum absolute atomic E-state index is 13.5. The third-order valence-electron chi connectivity index (χ3n) is 1.77. The number of aromatic nitrogens is 2. The summed E-state index contributed by atoms with van der Waals surface area (Å²) in [6.45, 7) is 0. The molecule has 1 aromatic heterocycles. The molecule has 0 unspecified atom stereocenters. The van der Waals surface area contributed by atoms with Crippen LogP contribution in [-0.2, 0) is 0 Å². The summed E-state index contributed by atoms with van der Waals surface area (Å²) in [7, 11) is 0. The van der Waals surface area contributed by atoms with Gasteiger partial charge in [-0.15, -0.1) is 0 Å². The van der Waals surface area contributed by atoms with E-state index in [4.69, 9.17) is 5.26 Å². The van der Waals surface area contributed by atoms with Gasteiger partial charge in [-0.1, -0.05) is 0 Å². The zero-order valence-electron chi connectivity index (χ0n) is 6.83. The zero-order chi connectivity index (χ0) is 10.1. The van der Waals surface area contributed by atoms with Crippen molar-refractivity contribution in [3.8, 4) is 6.07 Å². The zero-order valence-corrected chi connectivity index (χ0v) is 8.42. The molecule has 0 saturated heterocycles. The Bertz CT molecular complexity index is 547.